The first kappa shape index (κ1) is 16.8. The monoisotopic (exact) mass is 366 g/mol. The molecular weight excluding hydrogens is 352 g/mol. The fraction of sp³-hybridized carbons (Fsp3) is 0.158. The fourth-order valence-corrected chi connectivity index (χ4v) is 2.83. The van der Waals surface area contributed by atoms with Crippen LogP contribution in [-0.2, 0) is 9.53 Å². The lowest BCUT2D eigenvalue weighted by Gasteiger charge is -2.18. The summed E-state index contributed by atoms with van der Waals surface area (Å²) in [5.74, 6) is 0.790. The van der Waals surface area contributed by atoms with Crippen molar-refractivity contribution in [1.82, 2.24) is 0 Å². The smallest absolute Gasteiger partial charge is 0.363 e. The number of nitrogens with zero attached hydrogens (tertiary/aromatic N) is 2. The molecule has 0 spiro atoms. The van der Waals surface area contributed by atoms with Crippen LogP contribution in [-0.4, -0.2) is 30.0 Å². The van der Waals surface area contributed by atoms with Gasteiger partial charge in [0.25, 0.3) is 5.69 Å². The van der Waals surface area contributed by atoms with Crippen LogP contribution in [0.3, 0.4) is 0 Å². The summed E-state index contributed by atoms with van der Waals surface area (Å²) in [5.41, 5.74) is 1.81. The van der Waals surface area contributed by atoms with Crippen LogP contribution in [0.15, 0.2) is 47.1 Å². The van der Waals surface area contributed by atoms with Crippen molar-refractivity contribution in [1.29, 1.82) is 0 Å². The average molecular weight is 366 g/mol. The van der Waals surface area contributed by atoms with Gasteiger partial charge in [0.2, 0.25) is 5.90 Å². The van der Waals surface area contributed by atoms with E-state index in [1.807, 2.05) is 0 Å². The maximum Gasteiger partial charge on any atom is 0.363 e. The largest absolute Gasteiger partial charge is 0.486 e. The molecule has 0 unspecified atom stereocenters. The van der Waals surface area contributed by atoms with Crippen molar-refractivity contribution >= 4 is 23.6 Å². The van der Waals surface area contributed by atoms with E-state index in [9.17, 15) is 14.9 Å². The number of carbonyl (C=O) groups is 1. The molecule has 2 aliphatic rings. The number of ether oxygens (including phenoxy) is 3. The number of aliphatic imine (C=N–C) groups is 1. The minimum absolute atomic E-state index is 0.00397. The second-order valence-corrected chi connectivity index (χ2v) is 6.00. The van der Waals surface area contributed by atoms with E-state index in [2.05, 4.69) is 4.99 Å². The molecule has 136 valence electrons. The summed E-state index contributed by atoms with van der Waals surface area (Å²) in [6.07, 6.45) is 1.59. The number of esters is 1. The molecule has 8 nitrogen and oxygen atoms in total. The molecule has 2 heterocycles. The zero-order valence-electron chi connectivity index (χ0n) is 14.3. The minimum atomic E-state index is -0.587. The Hall–Kier alpha value is -3.68. The first-order valence-corrected chi connectivity index (χ1v) is 8.19. The lowest BCUT2D eigenvalue weighted by molar-refractivity contribution is -0.385. The molecule has 0 bridgehead atoms. The van der Waals surface area contributed by atoms with Crippen molar-refractivity contribution in [2.75, 3.05) is 13.2 Å². The predicted molar refractivity (Wildman–Crippen MR) is 95.9 cm³/mol. The highest BCUT2D eigenvalue weighted by atomic mass is 16.6. The number of carbonyl (C=O) groups excluding carboxylic acids is 1. The molecule has 0 aromatic heterocycles. The van der Waals surface area contributed by atoms with E-state index in [1.165, 1.54) is 12.1 Å². The van der Waals surface area contributed by atoms with Gasteiger partial charge >= 0.3 is 5.97 Å². The van der Waals surface area contributed by atoms with Crippen molar-refractivity contribution in [3.05, 3.63) is 68.9 Å². The zero-order chi connectivity index (χ0) is 19.0. The van der Waals surface area contributed by atoms with E-state index in [0.717, 1.165) is 5.56 Å². The van der Waals surface area contributed by atoms with Crippen LogP contribution in [0.2, 0.25) is 0 Å². The SMILES string of the molecule is Cc1cc(C2=N/C(=C\c3ccc4c(c3)OCCO4)C(=O)O2)ccc1[N+](=O)[O-]. The average Bonchev–Trinajstić information content (AvgIpc) is 3.02. The Bertz CT molecular complexity index is 1020. The molecule has 0 saturated heterocycles. The summed E-state index contributed by atoms with van der Waals surface area (Å²) in [7, 11) is 0. The van der Waals surface area contributed by atoms with E-state index in [1.54, 1.807) is 37.3 Å². The van der Waals surface area contributed by atoms with Crippen molar-refractivity contribution in [3.8, 4) is 11.5 Å². The molecule has 4 rings (SSSR count). The highest BCUT2D eigenvalue weighted by molar-refractivity contribution is 6.13. The number of rotatable bonds is 3. The molecule has 0 radical (unpaired) electrons. The van der Waals surface area contributed by atoms with E-state index < -0.39 is 10.9 Å². The Morgan fingerprint density at radius 1 is 1.11 bits per heavy atom. The quantitative estimate of drug-likeness (QED) is 0.358. The van der Waals surface area contributed by atoms with E-state index in [0.29, 0.717) is 35.8 Å². The molecule has 2 aromatic rings. The highest BCUT2D eigenvalue weighted by Gasteiger charge is 2.25. The Morgan fingerprint density at radius 2 is 1.89 bits per heavy atom. The van der Waals surface area contributed by atoms with Crippen LogP contribution in [0.4, 0.5) is 5.69 Å². The number of benzene rings is 2. The van der Waals surface area contributed by atoms with Gasteiger partial charge in [0.1, 0.15) is 13.2 Å². The Balaban J connectivity index is 1.64. The van der Waals surface area contributed by atoms with Gasteiger partial charge < -0.3 is 14.2 Å². The summed E-state index contributed by atoms with van der Waals surface area (Å²) in [6.45, 7) is 2.59. The van der Waals surface area contributed by atoms with Crippen LogP contribution in [0, 0.1) is 17.0 Å². The first-order valence-electron chi connectivity index (χ1n) is 8.19. The molecule has 0 N–H and O–H groups in total. The van der Waals surface area contributed by atoms with Gasteiger partial charge in [-0.2, -0.15) is 0 Å². The van der Waals surface area contributed by atoms with E-state index in [-0.39, 0.29) is 17.3 Å². The minimum Gasteiger partial charge on any atom is -0.486 e. The van der Waals surface area contributed by atoms with Gasteiger partial charge in [-0.1, -0.05) is 6.07 Å². The van der Waals surface area contributed by atoms with Gasteiger partial charge in [-0.15, -0.1) is 0 Å². The lowest BCUT2D eigenvalue weighted by atomic mass is 10.1. The fourth-order valence-electron chi connectivity index (χ4n) is 2.83. The number of fused-ring (bicyclic) bond motifs is 1. The van der Waals surface area contributed by atoms with Crippen LogP contribution < -0.4 is 9.47 Å². The van der Waals surface area contributed by atoms with Crippen LogP contribution in [0.1, 0.15) is 16.7 Å². The van der Waals surface area contributed by atoms with Crippen LogP contribution in [0.5, 0.6) is 11.5 Å². The summed E-state index contributed by atoms with van der Waals surface area (Å²) in [5, 5.41) is 10.9. The third-order valence-electron chi connectivity index (χ3n) is 4.13. The molecule has 0 atom stereocenters. The van der Waals surface area contributed by atoms with Crippen LogP contribution >= 0.6 is 0 Å². The van der Waals surface area contributed by atoms with Crippen molar-refractivity contribution < 1.29 is 23.9 Å². The number of aryl methyl sites for hydroxylation is 1. The molecule has 0 saturated carbocycles. The maximum atomic E-state index is 12.1. The molecular formula is C19H14N2O6. The van der Waals surface area contributed by atoms with Crippen molar-refractivity contribution in [2.24, 2.45) is 4.99 Å². The second kappa shape index (κ2) is 6.56. The van der Waals surface area contributed by atoms with E-state index >= 15 is 0 Å². The highest BCUT2D eigenvalue weighted by Crippen LogP contribution is 2.32. The van der Waals surface area contributed by atoms with Gasteiger partial charge in [0.15, 0.2) is 17.2 Å². The molecule has 0 fully saturated rings. The van der Waals surface area contributed by atoms with Gasteiger partial charge in [-0.05, 0) is 42.8 Å². The van der Waals surface area contributed by atoms with Gasteiger partial charge in [-0.25, -0.2) is 9.79 Å². The van der Waals surface area contributed by atoms with Gasteiger partial charge in [-0.3, -0.25) is 10.1 Å². The number of hydrogen-bond donors (Lipinski definition) is 0. The third-order valence-corrected chi connectivity index (χ3v) is 4.13. The van der Waals surface area contributed by atoms with Crippen molar-refractivity contribution in [2.45, 2.75) is 6.92 Å². The molecule has 0 aliphatic carbocycles. The summed E-state index contributed by atoms with van der Waals surface area (Å²) in [4.78, 5) is 26.8. The summed E-state index contributed by atoms with van der Waals surface area (Å²) >= 11 is 0. The summed E-state index contributed by atoms with van der Waals surface area (Å²) in [6, 6.07) is 9.76. The normalized spacial score (nSPS) is 16.9. The predicted octanol–water partition coefficient (Wildman–Crippen LogP) is 3.02. The third kappa shape index (κ3) is 3.24. The number of nitro benzene ring substituents is 1. The number of cyclic esters (lactones) is 1. The zero-order valence-corrected chi connectivity index (χ0v) is 14.3. The Kier molecular flexibility index (Phi) is 4.08. The lowest BCUT2D eigenvalue weighted by Crippen LogP contribution is -2.15. The molecule has 27 heavy (non-hydrogen) atoms. The van der Waals surface area contributed by atoms with Gasteiger partial charge in [0, 0.05) is 17.2 Å². The first-order chi connectivity index (χ1) is 13.0. The van der Waals surface area contributed by atoms with Crippen LogP contribution in [0.25, 0.3) is 6.08 Å². The molecule has 2 aliphatic heterocycles. The van der Waals surface area contributed by atoms with Crippen molar-refractivity contribution in [3.63, 3.8) is 0 Å². The molecule has 2 aromatic carbocycles. The standard InChI is InChI=1S/C19H14N2O6/c1-11-8-13(3-4-15(11)21(23)24)18-20-14(19(22)27-18)9-12-2-5-16-17(10-12)26-7-6-25-16/h2-5,8-10H,6-7H2,1H3/b14-9-. The van der Waals surface area contributed by atoms with E-state index in [4.69, 9.17) is 14.2 Å². The Morgan fingerprint density at radius 3 is 2.63 bits per heavy atom. The number of hydrogen-bond acceptors (Lipinski definition) is 7. The topological polar surface area (TPSA) is 100 Å². The van der Waals surface area contributed by atoms with Gasteiger partial charge in [0.05, 0.1) is 4.92 Å². The molecule has 0 amide bonds. The molecule has 8 heteroatoms. The second-order valence-electron chi connectivity index (χ2n) is 6.00. The maximum absolute atomic E-state index is 12.1. The Labute approximate surface area is 153 Å². The number of nitro groups is 1. The summed E-state index contributed by atoms with van der Waals surface area (Å²) < 4.78 is 16.2.